The van der Waals surface area contributed by atoms with Gasteiger partial charge in [-0.25, -0.2) is 0 Å². The summed E-state index contributed by atoms with van der Waals surface area (Å²) in [5.41, 5.74) is 6.19. The molecule has 0 saturated heterocycles. The van der Waals surface area contributed by atoms with Crippen molar-refractivity contribution in [2.24, 2.45) is 0 Å². The van der Waals surface area contributed by atoms with Crippen molar-refractivity contribution in [3.63, 3.8) is 0 Å². The van der Waals surface area contributed by atoms with Crippen LogP contribution in [0, 0.1) is 20.8 Å². The second-order valence-corrected chi connectivity index (χ2v) is 6.46. The summed E-state index contributed by atoms with van der Waals surface area (Å²) in [5.74, 6) is -0.598. The standard InChI is InChI=1S/C18H23N5O2.ClH/c1-10-6-11(2)16(12(3)7-10)21-15(24)9-20-18(25)17-13-8-19-5-4-14(13)22-23-17;/h6-7,19H,4-5,8-9H2,1-3H3,(H,20,25)(H,21,24)(H,22,23);1H. The fourth-order valence-corrected chi connectivity index (χ4v) is 3.22. The highest BCUT2D eigenvalue weighted by atomic mass is 35.5. The van der Waals surface area contributed by atoms with Crippen LogP contribution in [0.4, 0.5) is 5.69 Å². The molecule has 0 atom stereocenters. The van der Waals surface area contributed by atoms with Crippen LogP contribution in [0.1, 0.15) is 38.4 Å². The molecule has 140 valence electrons. The van der Waals surface area contributed by atoms with E-state index in [4.69, 9.17) is 0 Å². The van der Waals surface area contributed by atoms with Crippen LogP contribution in [0.3, 0.4) is 0 Å². The maximum Gasteiger partial charge on any atom is 0.272 e. The number of nitrogens with zero attached hydrogens (tertiary/aromatic N) is 1. The Hall–Kier alpha value is -2.38. The first-order valence-corrected chi connectivity index (χ1v) is 8.38. The number of aryl methyl sites for hydroxylation is 3. The van der Waals surface area contributed by atoms with Crippen LogP contribution in [0.5, 0.6) is 0 Å². The minimum Gasteiger partial charge on any atom is -0.342 e. The largest absolute Gasteiger partial charge is 0.342 e. The predicted octanol–water partition coefficient (Wildman–Crippen LogP) is 1.77. The number of nitrogens with one attached hydrogen (secondary N) is 4. The number of halogens is 1. The summed E-state index contributed by atoms with van der Waals surface area (Å²) in [6, 6.07) is 4.04. The molecule has 0 fully saturated rings. The van der Waals surface area contributed by atoms with Gasteiger partial charge >= 0.3 is 0 Å². The van der Waals surface area contributed by atoms with Gasteiger partial charge in [0.2, 0.25) is 5.91 Å². The fraction of sp³-hybridized carbons (Fsp3) is 0.389. The molecular formula is C18H24ClN5O2. The lowest BCUT2D eigenvalue weighted by Crippen LogP contribution is -2.34. The molecule has 0 radical (unpaired) electrons. The number of aromatic amines is 1. The van der Waals surface area contributed by atoms with Crippen molar-refractivity contribution < 1.29 is 9.59 Å². The zero-order valence-electron chi connectivity index (χ0n) is 15.2. The van der Waals surface area contributed by atoms with Crippen LogP contribution in [0.15, 0.2) is 12.1 Å². The molecule has 1 aliphatic heterocycles. The number of aromatic nitrogens is 2. The zero-order chi connectivity index (χ0) is 18.0. The predicted molar refractivity (Wildman–Crippen MR) is 103 cm³/mol. The Morgan fingerprint density at radius 2 is 1.88 bits per heavy atom. The lowest BCUT2D eigenvalue weighted by molar-refractivity contribution is -0.115. The van der Waals surface area contributed by atoms with E-state index in [2.05, 4.69) is 26.1 Å². The summed E-state index contributed by atoms with van der Waals surface area (Å²) in [7, 11) is 0. The van der Waals surface area contributed by atoms with Gasteiger partial charge in [0.05, 0.1) is 6.54 Å². The van der Waals surface area contributed by atoms with Crippen LogP contribution in [-0.2, 0) is 17.8 Å². The summed E-state index contributed by atoms with van der Waals surface area (Å²) in [6.07, 6.45) is 0.822. The molecule has 7 nitrogen and oxygen atoms in total. The number of anilines is 1. The van der Waals surface area contributed by atoms with Crippen molar-refractivity contribution in [3.05, 3.63) is 45.8 Å². The third-order valence-electron chi connectivity index (χ3n) is 4.37. The summed E-state index contributed by atoms with van der Waals surface area (Å²) in [6.45, 7) is 7.32. The summed E-state index contributed by atoms with van der Waals surface area (Å²) < 4.78 is 0. The van der Waals surface area contributed by atoms with Crippen LogP contribution in [0.25, 0.3) is 0 Å². The lowest BCUT2D eigenvalue weighted by atomic mass is 10.1. The maximum absolute atomic E-state index is 12.3. The van der Waals surface area contributed by atoms with Gasteiger partial charge in [-0.3, -0.25) is 14.7 Å². The van der Waals surface area contributed by atoms with E-state index in [9.17, 15) is 9.59 Å². The van der Waals surface area contributed by atoms with Crippen LogP contribution >= 0.6 is 12.4 Å². The Morgan fingerprint density at radius 3 is 2.58 bits per heavy atom. The molecule has 2 heterocycles. The minimum atomic E-state index is -0.339. The van der Waals surface area contributed by atoms with Gasteiger partial charge in [0.25, 0.3) is 5.91 Å². The van der Waals surface area contributed by atoms with E-state index < -0.39 is 0 Å². The average Bonchev–Trinajstić information content (AvgIpc) is 3.00. The topological polar surface area (TPSA) is 98.9 Å². The van der Waals surface area contributed by atoms with E-state index in [-0.39, 0.29) is 30.8 Å². The first kappa shape index (κ1) is 19.9. The number of rotatable bonds is 4. The molecule has 1 aromatic heterocycles. The first-order valence-electron chi connectivity index (χ1n) is 8.38. The minimum absolute atomic E-state index is 0. The van der Waals surface area contributed by atoms with Crippen LogP contribution in [-0.4, -0.2) is 35.1 Å². The monoisotopic (exact) mass is 377 g/mol. The molecular weight excluding hydrogens is 354 g/mol. The first-order chi connectivity index (χ1) is 12.0. The van der Waals surface area contributed by atoms with Crippen LogP contribution < -0.4 is 16.0 Å². The molecule has 1 aromatic carbocycles. The summed E-state index contributed by atoms with van der Waals surface area (Å²) in [5, 5.41) is 15.7. The third-order valence-corrected chi connectivity index (χ3v) is 4.37. The van der Waals surface area contributed by atoms with Gasteiger partial charge in [0, 0.05) is 36.5 Å². The van der Waals surface area contributed by atoms with Gasteiger partial charge < -0.3 is 16.0 Å². The second-order valence-electron chi connectivity index (χ2n) is 6.46. The smallest absolute Gasteiger partial charge is 0.272 e. The van der Waals surface area contributed by atoms with Crippen molar-refractivity contribution >= 4 is 29.9 Å². The number of hydrogen-bond donors (Lipinski definition) is 4. The number of amides is 2. The fourth-order valence-electron chi connectivity index (χ4n) is 3.22. The van der Waals surface area contributed by atoms with Gasteiger partial charge in [0.1, 0.15) is 0 Å². The Bertz CT molecular complexity index is 808. The summed E-state index contributed by atoms with van der Waals surface area (Å²) >= 11 is 0. The Labute approximate surface area is 158 Å². The van der Waals surface area contributed by atoms with Gasteiger partial charge in [-0.15, -0.1) is 12.4 Å². The normalized spacial score (nSPS) is 12.7. The Kier molecular flexibility index (Phi) is 6.39. The molecule has 8 heteroatoms. The number of carbonyl (C=O) groups excluding carboxylic acids is 2. The van der Waals surface area contributed by atoms with Gasteiger partial charge in [-0.1, -0.05) is 17.7 Å². The van der Waals surface area contributed by atoms with Gasteiger partial charge in [-0.05, 0) is 31.9 Å². The van der Waals surface area contributed by atoms with Crippen LogP contribution in [0.2, 0.25) is 0 Å². The lowest BCUT2D eigenvalue weighted by Gasteiger charge is -2.14. The molecule has 2 aromatic rings. The maximum atomic E-state index is 12.3. The van der Waals surface area contributed by atoms with E-state index in [1.807, 2.05) is 32.9 Å². The van der Waals surface area contributed by atoms with Gasteiger partial charge in [0.15, 0.2) is 5.69 Å². The van der Waals surface area contributed by atoms with E-state index in [0.29, 0.717) is 12.2 Å². The SMILES string of the molecule is Cc1cc(C)c(NC(=O)CNC(=O)c2n[nH]c3c2CNCC3)c(C)c1.Cl. The molecule has 1 aliphatic rings. The molecule has 0 saturated carbocycles. The number of fused-ring (bicyclic) bond motifs is 1. The van der Waals surface area contributed by atoms with E-state index in [0.717, 1.165) is 46.6 Å². The number of benzene rings is 1. The average molecular weight is 378 g/mol. The molecule has 0 aliphatic carbocycles. The molecule has 3 rings (SSSR count). The van der Waals surface area contributed by atoms with E-state index in [1.54, 1.807) is 0 Å². The molecule has 0 bridgehead atoms. The molecule has 26 heavy (non-hydrogen) atoms. The number of hydrogen-bond acceptors (Lipinski definition) is 4. The van der Waals surface area contributed by atoms with Crippen molar-refractivity contribution in [2.45, 2.75) is 33.7 Å². The van der Waals surface area contributed by atoms with Crippen molar-refractivity contribution in [1.82, 2.24) is 20.8 Å². The van der Waals surface area contributed by atoms with Crippen molar-refractivity contribution in [1.29, 1.82) is 0 Å². The Balaban J connectivity index is 0.00000243. The Morgan fingerprint density at radius 1 is 1.19 bits per heavy atom. The number of carbonyl (C=O) groups is 2. The highest BCUT2D eigenvalue weighted by Gasteiger charge is 2.21. The number of H-pyrrole nitrogens is 1. The van der Waals surface area contributed by atoms with Gasteiger partial charge in [-0.2, -0.15) is 5.10 Å². The van der Waals surface area contributed by atoms with Crippen molar-refractivity contribution in [3.8, 4) is 0 Å². The van der Waals surface area contributed by atoms with Crippen molar-refractivity contribution in [2.75, 3.05) is 18.4 Å². The van der Waals surface area contributed by atoms with E-state index >= 15 is 0 Å². The molecule has 0 spiro atoms. The second kappa shape index (κ2) is 8.33. The highest BCUT2D eigenvalue weighted by molar-refractivity contribution is 5.99. The quantitative estimate of drug-likeness (QED) is 0.652. The molecule has 2 amide bonds. The zero-order valence-corrected chi connectivity index (χ0v) is 16.0. The summed E-state index contributed by atoms with van der Waals surface area (Å²) in [4.78, 5) is 24.5. The van der Waals surface area contributed by atoms with E-state index in [1.165, 1.54) is 0 Å². The highest BCUT2D eigenvalue weighted by Crippen LogP contribution is 2.21. The third kappa shape index (κ3) is 4.23. The molecule has 0 unspecified atom stereocenters. The molecule has 4 N–H and O–H groups in total.